The molecule has 0 saturated carbocycles. The van der Waals surface area contributed by atoms with Gasteiger partial charge in [0, 0.05) is 17.2 Å². The number of hydrogen-bond donors (Lipinski definition) is 2. The summed E-state index contributed by atoms with van der Waals surface area (Å²) < 4.78 is 1.24. The molecule has 6 nitrogen and oxygen atoms in total. The topological polar surface area (TPSA) is 94.0 Å². The van der Waals surface area contributed by atoms with Gasteiger partial charge in [0.15, 0.2) is 0 Å². The maximum Gasteiger partial charge on any atom is 0.267 e. The van der Waals surface area contributed by atoms with Crippen LogP contribution in [0.2, 0.25) is 5.02 Å². The van der Waals surface area contributed by atoms with E-state index in [0.717, 1.165) is 5.56 Å². The van der Waals surface area contributed by atoms with Gasteiger partial charge in [-0.3, -0.25) is 4.79 Å². The molecule has 0 amide bonds. The summed E-state index contributed by atoms with van der Waals surface area (Å²) in [4.78, 5) is 16.4. The Morgan fingerprint density at radius 2 is 1.96 bits per heavy atom. The van der Waals surface area contributed by atoms with E-state index in [2.05, 4.69) is 10.1 Å². The van der Waals surface area contributed by atoms with Gasteiger partial charge in [-0.05, 0) is 19.1 Å². The van der Waals surface area contributed by atoms with E-state index < -0.39 is 6.04 Å². The average molecular weight is 357 g/mol. The number of benzene rings is 1. The SMILES string of the molecule is CC(CO)n1nc(-c2cc(Cl)c(N)nc2-c2ccccc2)ccc1=O. The quantitative estimate of drug-likeness (QED) is 0.749. The summed E-state index contributed by atoms with van der Waals surface area (Å²) in [5.74, 6) is 0.223. The molecule has 2 heterocycles. The van der Waals surface area contributed by atoms with Crippen LogP contribution in [0.3, 0.4) is 0 Å². The van der Waals surface area contributed by atoms with E-state index in [1.54, 1.807) is 19.1 Å². The summed E-state index contributed by atoms with van der Waals surface area (Å²) in [5.41, 5.74) is 8.24. The summed E-state index contributed by atoms with van der Waals surface area (Å²) in [6, 6.07) is 13.8. The molecular formula is C18H17ClN4O2. The maximum absolute atomic E-state index is 12.0. The first-order valence-corrected chi connectivity index (χ1v) is 8.11. The fraction of sp³-hybridized carbons (Fsp3) is 0.167. The molecule has 0 aliphatic carbocycles. The molecular weight excluding hydrogens is 340 g/mol. The van der Waals surface area contributed by atoms with Gasteiger partial charge in [-0.1, -0.05) is 41.9 Å². The van der Waals surface area contributed by atoms with Crippen molar-refractivity contribution in [3.05, 3.63) is 63.9 Å². The first-order valence-electron chi connectivity index (χ1n) is 7.73. The molecule has 3 N–H and O–H groups in total. The normalized spacial score (nSPS) is 12.1. The van der Waals surface area contributed by atoms with Crippen LogP contribution in [0.5, 0.6) is 0 Å². The zero-order chi connectivity index (χ0) is 18.0. The lowest BCUT2D eigenvalue weighted by Gasteiger charge is -2.14. The molecule has 3 rings (SSSR count). The number of aliphatic hydroxyl groups excluding tert-OH is 1. The molecule has 1 aromatic carbocycles. The molecule has 0 aliphatic heterocycles. The van der Waals surface area contributed by atoms with Gasteiger partial charge in [0.2, 0.25) is 0 Å². The average Bonchev–Trinajstić information content (AvgIpc) is 2.64. The standard InChI is InChI=1S/C18H17ClN4O2/c1-11(10-24)23-16(25)8-7-15(22-23)13-9-14(19)18(20)21-17(13)12-5-3-2-4-6-12/h2-9,11,24H,10H2,1H3,(H2,20,21). The molecule has 0 bridgehead atoms. The number of nitrogens with zero attached hydrogens (tertiary/aromatic N) is 3. The zero-order valence-electron chi connectivity index (χ0n) is 13.6. The second kappa shape index (κ2) is 7.04. The molecule has 3 aromatic rings. The van der Waals surface area contributed by atoms with Crippen LogP contribution in [0.15, 0.2) is 53.3 Å². The Kier molecular flexibility index (Phi) is 4.83. The Hall–Kier alpha value is -2.70. The van der Waals surface area contributed by atoms with Crippen LogP contribution < -0.4 is 11.3 Å². The van der Waals surface area contributed by atoms with Crippen LogP contribution >= 0.6 is 11.6 Å². The molecule has 1 unspecified atom stereocenters. The van der Waals surface area contributed by atoms with E-state index in [1.165, 1.54) is 10.7 Å². The predicted octanol–water partition coefficient (Wildman–Crippen LogP) is 2.76. The number of aliphatic hydroxyl groups is 1. The minimum Gasteiger partial charge on any atom is -0.394 e. The minimum atomic E-state index is -0.440. The van der Waals surface area contributed by atoms with Gasteiger partial charge in [0.05, 0.1) is 29.1 Å². The predicted molar refractivity (Wildman–Crippen MR) is 98.4 cm³/mol. The van der Waals surface area contributed by atoms with Gasteiger partial charge in [0.1, 0.15) is 5.82 Å². The first-order chi connectivity index (χ1) is 12.0. The third kappa shape index (κ3) is 3.40. The van der Waals surface area contributed by atoms with Crippen molar-refractivity contribution in [1.29, 1.82) is 0 Å². The van der Waals surface area contributed by atoms with E-state index in [1.807, 2.05) is 30.3 Å². The van der Waals surface area contributed by atoms with Gasteiger partial charge in [-0.25, -0.2) is 9.67 Å². The van der Waals surface area contributed by atoms with Crippen LogP contribution in [0.1, 0.15) is 13.0 Å². The molecule has 0 radical (unpaired) electrons. The number of hydrogen-bond acceptors (Lipinski definition) is 5. The highest BCUT2D eigenvalue weighted by atomic mass is 35.5. The van der Waals surface area contributed by atoms with E-state index in [0.29, 0.717) is 22.0 Å². The smallest absolute Gasteiger partial charge is 0.267 e. The monoisotopic (exact) mass is 356 g/mol. The lowest BCUT2D eigenvalue weighted by atomic mass is 10.0. The molecule has 2 aromatic heterocycles. The third-order valence-corrected chi connectivity index (χ3v) is 4.14. The highest BCUT2D eigenvalue weighted by Crippen LogP contribution is 2.33. The number of halogens is 1. The Morgan fingerprint density at radius 1 is 1.24 bits per heavy atom. The van der Waals surface area contributed by atoms with E-state index in [4.69, 9.17) is 17.3 Å². The molecule has 128 valence electrons. The van der Waals surface area contributed by atoms with Crippen molar-refractivity contribution in [2.75, 3.05) is 12.3 Å². The summed E-state index contributed by atoms with van der Waals surface area (Å²) in [7, 11) is 0. The van der Waals surface area contributed by atoms with Crippen molar-refractivity contribution in [3.8, 4) is 22.5 Å². The molecule has 1 atom stereocenters. The summed E-state index contributed by atoms with van der Waals surface area (Å²) in [5, 5.41) is 14.0. The zero-order valence-corrected chi connectivity index (χ0v) is 14.3. The first kappa shape index (κ1) is 17.1. The summed E-state index contributed by atoms with van der Waals surface area (Å²) in [6.45, 7) is 1.52. The van der Waals surface area contributed by atoms with Crippen LogP contribution in [0.4, 0.5) is 5.82 Å². The van der Waals surface area contributed by atoms with Crippen LogP contribution in [0.25, 0.3) is 22.5 Å². The van der Waals surface area contributed by atoms with E-state index in [9.17, 15) is 9.90 Å². The summed E-state index contributed by atoms with van der Waals surface area (Å²) >= 11 is 6.16. The molecule has 25 heavy (non-hydrogen) atoms. The fourth-order valence-electron chi connectivity index (χ4n) is 2.48. The van der Waals surface area contributed by atoms with Crippen molar-refractivity contribution in [3.63, 3.8) is 0 Å². The highest BCUT2D eigenvalue weighted by Gasteiger charge is 2.16. The van der Waals surface area contributed by atoms with Crippen LogP contribution in [0, 0.1) is 0 Å². The number of pyridine rings is 1. The number of rotatable bonds is 4. The van der Waals surface area contributed by atoms with Crippen molar-refractivity contribution in [2.45, 2.75) is 13.0 Å². The lowest BCUT2D eigenvalue weighted by molar-refractivity contribution is 0.226. The van der Waals surface area contributed by atoms with Crippen molar-refractivity contribution in [1.82, 2.24) is 14.8 Å². The molecule has 0 fully saturated rings. The van der Waals surface area contributed by atoms with Gasteiger partial charge in [-0.2, -0.15) is 5.10 Å². The van der Waals surface area contributed by atoms with Crippen molar-refractivity contribution >= 4 is 17.4 Å². The maximum atomic E-state index is 12.0. The van der Waals surface area contributed by atoms with E-state index >= 15 is 0 Å². The molecule has 0 saturated heterocycles. The lowest BCUT2D eigenvalue weighted by Crippen LogP contribution is -2.27. The largest absolute Gasteiger partial charge is 0.394 e. The van der Waals surface area contributed by atoms with Crippen LogP contribution in [-0.2, 0) is 0 Å². The van der Waals surface area contributed by atoms with Crippen molar-refractivity contribution in [2.24, 2.45) is 0 Å². The number of nitrogens with two attached hydrogens (primary N) is 1. The molecule has 7 heteroatoms. The Balaban J connectivity index is 2.24. The van der Waals surface area contributed by atoms with Crippen LogP contribution in [-0.4, -0.2) is 26.5 Å². The third-order valence-electron chi connectivity index (χ3n) is 3.83. The van der Waals surface area contributed by atoms with Gasteiger partial charge in [0.25, 0.3) is 5.56 Å². The Bertz CT molecular complexity index is 957. The van der Waals surface area contributed by atoms with E-state index in [-0.39, 0.29) is 18.0 Å². The van der Waals surface area contributed by atoms with Gasteiger partial charge >= 0.3 is 0 Å². The Labute approximate surface area is 149 Å². The molecule has 0 spiro atoms. The number of aromatic nitrogens is 3. The molecule has 0 aliphatic rings. The second-order valence-electron chi connectivity index (χ2n) is 5.65. The summed E-state index contributed by atoms with van der Waals surface area (Å²) in [6.07, 6.45) is 0. The fourth-order valence-corrected chi connectivity index (χ4v) is 2.63. The minimum absolute atomic E-state index is 0.192. The number of nitrogen functional groups attached to an aromatic ring is 1. The van der Waals surface area contributed by atoms with Gasteiger partial charge < -0.3 is 10.8 Å². The Morgan fingerprint density at radius 3 is 2.64 bits per heavy atom. The van der Waals surface area contributed by atoms with Crippen molar-refractivity contribution < 1.29 is 5.11 Å². The number of anilines is 1. The van der Waals surface area contributed by atoms with Gasteiger partial charge in [-0.15, -0.1) is 0 Å². The second-order valence-corrected chi connectivity index (χ2v) is 6.06. The highest BCUT2D eigenvalue weighted by molar-refractivity contribution is 6.33.